The molecule has 0 amide bonds. The van der Waals surface area contributed by atoms with Crippen LogP contribution in [0.3, 0.4) is 0 Å². The van der Waals surface area contributed by atoms with E-state index < -0.39 is 10.2 Å². The summed E-state index contributed by atoms with van der Waals surface area (Å²) >= 11 is 0. The molecule has 17 heavy (non-hydrogen) atoms. The molecular weight excluding hydrogens is 238 g/mol. The van der Waals surface area contributed by atoms with Crippen LogP contribution in [0.2, 0.25) is 0 Å². The van der Waals surface area contributed by atoms with Crippen molar-refractivity contribution in [3.05, 3.63) is 0 Å². The highest BCUT2D eigenvalue weighted by Gasteiger charge is 2.29. The summed E-state index contributed by atoms with van der Waals surface area (Å²) in [6.45, 7) is 7.17. The molecule has 102 valence electrons. The van der Waals surface area contributed by atoms with Crippen molar-refractivity contribution < 1.29 is 8.42 Å². The van der Waals surface area contributed by atoms with E-state index in [1.54, 1.807) is 7.05 Å². The fourth-order valence-corrected chi connectivity index (χ4v) is 3.19. The quantitative estimate of drug-likeness (QED) is 0.736. The molecule has 1 aliphatic heterocycles. The Morgan fingerprint density at radius 2 is 1.94 bits per heavy atom. The zero-order chi connectivity index (χ0) is 12.9. The summed E-state index contributed by atoms with van der Waals surface area (Å²) in [7, 11) is -1.68. The number of nitrogens with one attached hydrogen (secondary N) is 2. The van der Waals surface area contributed by atoms with Crippen LogP contribution in [-0.2, 0) is 10.2 Å². The van der Waals surface area contributed by atoms with Gasteiger partial charge in [-0.25, -0.2) is 4.72 Å². The molecular formula is C11H25N3O2S. The van der Waals surface area contributed by atoms with Gasteiger partial charge in [0.05, 0.1) is 0 Å². The standard InChI is InChI=1S/C11H25N3O2S/c1-4-9-14(3)17(15,16)13-10-11(2)5-7-12-8-6-11/h12-13H,4-10H2,1-3H3. The van der Waals surface area contributed by atoms with Crippen LogP contribution in [0.25, 0.3) is 0 Å². The van der Waals surface area contributed by atoms with Gasteiger partial charge in [-0.15, -0.1) is 0 Å². The predicted octanol–water partition coefficient (Wildman–Crippen LogP) is 0.552. The first-order valence-electron chi connectivity index (χ1n) is 6.31. The highest BCUT2D eigenvalue weighted by Crippen LogP contribution is 2.26. The maximum Gasteiger partial charge on any atom is 0.279 e. The Morgan fingerprint density at radius 1 is 1.35 bits per heavy atom. The van der Waals surface area contributed by atoms with E-state index in [0.29, 0.717) is 13.1 Å². The summed E-state index contributed by atoms with van der Waals surface area (Å²) < 4.78 is 27.9. The lowest BCUT2D eigenvalue weighted by Crippen LogP contribution is -2.46. The molecule has 1 fully saturated rings. The molecule has 0 aromatic rings. The zero-order valence-electron chi connectivity index (χ0n) is 11.1. The normalized spacial score (nSPS) is 20.7. The highest BCUT2D eigenvalue weighted by atomic mass is 32.2. The Balaban J connectivity index is 2.48. The summed E-state index contributed by atoms with van der Waals surface area (Å²) in [5.41, 5.74) is 0.0887. The predicted molar refractivity (Wildman–Crippen MR) is 70.1 cm³/mol. The Labute approximate surface area is 105 Å². The molecule has 1 rings (SSSR count). The van der Waals surface area contributed by atoms with E-state index in [4.69, 9.17) is 0 Å². The lowest BCUT2D eigenvalue weighted by atomic mass is 9.81. The van der Waals surface area contributed by atoms with E-state index in [-0.39, 0.29) is 5.41 Å². The van der Waals surface area contributed by atoms with Crippen LogP contribution in [0.4, 0.5) is 0 Å². The van der Waals surface area contributed by atoms with Gasteiger partial charge in [0.25, 0.3) is 10.2 Å². The number of hydrogen-bond donors (Lipinski definition) is 2. The maximum absolute atomic E-state index is 11.9. The Morgan fingerprint density at radius 3 is 2.47 bits per heavy atom. The van der Waals surface area contributed by atoms with Crippen molar-refractivity contribution in [1.82, 2.24) is 14.3 Å². The topological polar surface area (TPSA) is 61.4 Å². The highest BCUT2D eigenvalue weighted by molar-refractivity contribution is 7.87. The molecule has 2 N–H and O–H groups in total. The Hall–Kier alpha value is -0.170. The van der Waals surface area contributed by atoms with Crippen molar-refractivity contribution in [2.75, 3.05) is 33.2 Å². The summed E-state index contributed by atoms with van der Waals surface area (Å²) in [5, 5.41) is 3.29. The van der Waals surface area contributed by atoms with Gasteiger partial charge in [0.15, 0.2) is 0 Å². The first-order chi connectivity index (χ1) is 7.90. The van der Waals surface area contributed by atoms with E-state index in [1.807, 2.05) is 6.92 Å². The lowest BCUT2D eigenvalue weighted by molar-refractivity contribution is 0.230. The minimum atomic E-state index is -3.30. The summed E-state index contributed by atoms with van der Waals surface area (Å²) in [6.07, 6.45) is 2.87. The van der Waals surface area contributed by atoms with Crippen molar-refractivity contribution in [2.45, 2.75) is 33.1 Å². The molecule has 1 aliphatic rings. The van der Waals surface area contributed by atoms with Crippen LogP contribution in [0.1, 0.15) is 33.1 Å². The van der Waals surface area contributed by atoms with E-state index in [9.17, 15) is 8.42 Å². The molecule has 0 saturated carbocycles. The number of nitrogens with zero attached hydrogens (tertiary/aromatic N) is 1. The smallest absolute Gasteiger partial charge is 0.279 e. The minimum Gasteiger partial charge on any atom is -0.317 e. The molecule has 0 aromatic heterocycles. The first-order valence-corrected chi connectivity index (χ1v) is 7.75. The molecule has 0 unspecified atom stereocenters. The number of piperidine rings is 1. The maximum atomic E-state index is 11.9. The van der Waals surface area contributed by atoms with Gasteiger partial charge < -0.3 is 5.32 Å². The fourth-order valence-electron chi connectivity index (χ4n) is 2.02. The number of hydrogen-bond acceptors (Lipinski definition) is 3. The van der Waals surface area contributed by atoms with E-state index in [1.165, 1.54) is 4.31 Å². The molecule has 1 heterocycles. The molecule has 5 nitrogen and oxygen atoms in total. The number of rotatable bonds is 6. The van der Waals surface area contributed by atoms with Crippen LogP contribution >= 0.6 is 0 Å². The molecule has 0 spiro atoms. The van der Waals surface area contributed by atoms with Crippen molar-refractivity contribution in [3.63, 3.8) is 0 Å². The van der Waals surface area contributed by atoms with Crippen LogP contribution in [0.15, 0.2) is 0 Å². The molecule has 0 aliphatic carbocycles. The molecule has 6 heteroatoms. The van der Waals surface area contributed by atoms with Gasteiger partial charge in [0.1, 0.15) is 0 Å². The van der Waals surface area contributed by atoms with Gasteiger partial charge >= 0.3 is 0 Å². The largest absolute Gasteiger partial charge is 0.317 e. The van der Waals surface area contributed by atoms with Gasteiger partial charge in [-0.3, -0.25) is 0 Å². The first kappa shape index (κ1) is 14.9. The van der Waals surface area contributed by atoms with Gasteiger partial charge in [-0.05, 0) is 37.8 Å². The van der Waals surface area contributed by atoms with Gasteiger partial charge in [-0.1, -0.05) is 13.8 Å². The van der Waals surface area contributed by atoms with Crippen LogP contribution in [-0.4, -0.2) is 45.9 Å². The van der Waals surface area contributed by atoms with Crippen molar-refractivity contribution >= 4 is 10.2 Å². The monoisotopic (exact) mass is 263 g/mol. The van der Waals surface area contributed by atoms with Crippen LogP contribution in [0.5, 0.6) is 0 Å². The third-order valence-corrected chi connectivity index (χ3v) is 4.95. The van der Waals surface area contributed by atoms with Gasteiger partial charge in [0, 0.05) is 20.1 Å². The minimum absolute atomic E-state index is 0.0887. The molecule has 0 radical (unpaired) electrons. The lowest BCUT2D eigenvalue weighted by Gasteiger charge is -2.34. The molecule has 0 atom stereocenters. The third-order valence-electron chi connectivity index (χ3n) is 3.44. The third kappa shape index (κ3) is 4.54. The second-order valence-corrected chi connectivity index (χ2v) is 7.07. The average Bonchev–Trinajstić information content (AvgIpc) is 2.28. The Kier molecular flexibility index (Phi) is 5.37. The van der Waals surface area contributed by atoms with Crippen LogP contribution in [0, 0.1) is 5.41 Å². The van der Waals surface area contributed by atoms with E-state index in [2.05, 4.69) is 17.0 Å². The van der Waals surface area contributed by atoms with Crippen LogP contribution < -0.4 is 10.0 Å². The average molecular weight is 263 g/mol. The molecule has 0 aromatic carbocycles. The zero-order valence-corrected chi connectivity index (χ0v) is 11.9. The van der Waals surface area contributed by atoms with E-state index in [0.717, 1.165) is 32.4 Å². The van der Waals surface area contributed by atoms with Gasteiger partial charge in [-0.2, -0.15) is 12.7 Å². The molecule has 0 bridgehead atoms. The van der Waals surface area contributed by atoms with Gasteiger partial charge in [0.2, 0.25) is 0 Å². The Bertz CT molecular complexity index is 324. The molecule has 1 saturated heterocycles. The fraction of sp³-hybridized carbons (Fsp3) is 1.00. The summed E-state index contributed by atoms with van der Waals surface area (Å²) in [6, 6.07) is 0. The second-order valence-electron chi connectivity index (χ2n) is 5.21. The SMILES string of the molecule is CCCN(C)S(=O)(=O)NCC1(C)CCNCC1. The van der Waals surface area contributed by atoms with Crippen molar-refractivity contribution in [2.24, 2.45) is 5.41 Å². The van der Waals surface area contributed by atoms with Crippen molar-refractivity contribution in [1.29, 1.82) is 0 Å². The van der Waals surface area contributed by atoms with Crippen molar-refractivity contribution in [3.8, 4) is 0 Å². The second kappa shape index (κ2) is 6.13. The van der Waals surface area contributed by atoms with E-state index >= 15 is 0 Å². The summed E-state index contributed by atoms with van der Waals surface area (Å²) in [4.78, 5) is 0. The summed E-state index contributed by atoms with van der Waals surface area (Å²) in [5.74, 6) is 0.